The molecule has 3 N–H and O–H groups in total. The number of aliphatic hydroxyl groups is 1. The molecule has 1 aromatic heterocycles. The fraction of sp³-hybridized carbons (Fsp3) is 0.364. The summed E-state index contributed by atoms with van der Waals surface area (Å²) in [5.41, 5.74) is 7.16. The zero-order valence-electron chi connectivity index (χ0n) is 9.02. The van der Waals surface area contributed by atoms with Crippen LogP contribution in [0.25, 0.3) is 11.0 Å². The molecule has 1 unspecified atom stereocenters. The summed E-state index contributed by atoms with van der Waals surface area (Å²) in [5.74, 6) is 0.628. The van der Waals surface area contributed by atoms with Crippen LogP contribution < -0.4 is 5.73 Å². The van der Waals surface area contributed by atoms with Gasteiger partial charge < -0.3 is 15.4 Å². The minimum absolute atomic E-state index is 0.436. The highest BCUT2D eigenvalue weighted by atomic mass is 35.5. The van der Waals surface area contributed by atoms with Crippen molar-refractivity contribution in [3.8, 4) is 0 Å². The van der Waals surface area contributed by atoms with Crippen molar-refractivity contribution in [1.82, 2.24) is 9.55 Å². The highest BCUT2D eigenvalue weighted by molar-refractivity contribution is 6.31. The van der Waals surface area contributed by atoms with Crippen LogP contribution in [-0.2, 0) is 7.05 Å². The van der Waals surface area contributed by atoms with Gasteiger partial charge in [0.1, 0.15) is 11.9 Å². The SMILES string of the molecule is Cn1c(C(O)CCN)nc2cc(Cl)ccc21. The number of aliphatic hydroxyl groups excluding tert-OH is 1. The Kier molecular flexibility index (Phi) is 3.14. The molecule has 0 saturated carbocycles. The average molecular weight is 240 g/mol. The average Bonchev–Trinajstić information content (AvgIpc) is 2.56. The normalized spacial score (nSPS) is 13.2. The van der Waals surface area contributed by atoms with E-state index in [4.69, 9.17) is 17.3 Å². The standard InChI is InChI=1S/C11H14ClN3O/c1-15-9-3-2-7(12)6-8(9)14-11(15)10(16)4-5-13/h2-3,6,10,16H,4-5,13H2,1H3. The molecule has 2 aromatic rings. The highest BCUT2D eigenvalue weighted by Gasteiger charge is 2.15. The monoisotopic (exact) mass is 239 g/mol. The Balaban J connectivity index is 2.51. The number of halogens is 1. The molecule has 0 saturated heterocycles. The van der Waals surface area contributed by atoms with Gasteiger partial charge in [-0.3, -0.25) is 0 Å². The third-order valence-corrected chi connectivity index (χ3v) is 2.85. The van der Waals surface area contributed by atoms with Crippen molar-refractivity contribution >= 4 is 22.6 Å². The number of nitrogens with zero attached hydrogens (tertiary/aromatic N) is 2. The molecule has 0 aliphatic heterocycles. The van der Waals surface area contributed by atoms with E-state index in [2.05, 4.69) is 4.98 Å². The summed E-state index contributed by atoms with van der Waals surface area (Å²) in [6, 6.07) is 5.49. The van der Waals surface area contributed by atoms with Crippen molar-refractivity contribution in [3.63, 3.8) is 0 Å². The molecule has 5 heteroatoms. The van der Waals surface area contributed by atoms with E-state index in [0.717, 1.165) is 11.0 Å². The lowest BCUT2D eigenvalue weighted by molar-refractivity contribution is 0.157. The lowest BCUT2D eigenvalue weighted by Gasteiger charge is -2.08. The van der Waals surface area contributed by atoms with Gasteiger partial charge in [-0.2, -0.15) is 0 Å². The molecule has 0 aliphatic carbocycles. The molecule has 1 atom stereocenters. The van der Waals surface area contributed by atoms with Crippen molar-refractivity contribution < 1.29 is 5.11 Å². The highest BCUT2D eigenvalue weighted by Crippen LogP contribution is 2.23. The van der Waals surface area contributed by atoms with Crippen LogP contribution in [0.1, 0.15) is 18.3 Å². The minimum atomic E-state index is -0.624. The summed E-state index contributed by atoms with van der Waals surface area (Å²) in [7, 11) is 1.87. The van der Waals surface area contributed by atoms with E-state index in [1.165, 1.54) is 0 Å². The van der Waals surface area contributed by atoms with Crippen molar-refractivity contribution in [2.75, 3.05) is 6.54 Å². The Morgan fingerprint density at radius 1 is 1.56 bits per heavy atom. The first-order valence-electron chi connectivity index (χ1n) is 5.13. The van der Waals surface area contributed by atoms with Gasteiger partial charge in [-0.15, -0.1) is 0 Å². The molecule has 16 heavy (non-hydrogen) atoms. The lowest BCUT2D eigenvalue weighted by atomic mass is 10.2. The molecule has 2 rings (SSSR count). The second kappa shape index (κ2) is 4.41. The van der Waals surface area contributed by atoms with Crippen LogP contribution in [0.3, 0.4) is 0 Å². The van der Waals surface area contributed by atoms with Crippen molar-refractivity contribution in [2.24, 2.45) is 12.8 Å². The van der Waals surface area contributed by atoms with Gasteiger partial charge in [0.15, 0.2) is 0 Å². The summed E-state index contributed by atoms with van der Waals surface area (Å²) in [6.07, 6.45) is -0.119. The van der Waals surface area contributed by atoms with E-state index in [1.807, 2.05) is 23.7 Å². The lowest BCUT2D eigenvalue weighted by Crippen LogP contribution is -2.10. The number of rotatable bonds is 3. The second-order valence-corrected chi connectivity index (χ2v) is 4.19. The first-order valence-corrected chi connectivity index (χ1v) is 5.51. The molecule has 1 heterocycles. The number of nitrogens with two attached hydrogens (primary N) is 1. The van der Waals surface area contributed by atoms with Crippen LogP contribution in [0.4, 0.5) is 0 Å². The quantitative estimate of drug-likeness (QED) is 0.855. The molecule has 0 bridgehead atoms. The van der Waals surface area contributed by atoms with Gasteiger partial charge in [0.05, 0.1) is 11.0 Å². The smallest absolute Gasteiger partial charge is 0.138 e. The summed E-state index contributed by atoms with van der Waals surface area (Å²) < 4.78 is 1.87. The van der Waals surface area contributed by atoms with Gasteiger partial charge in [-0.1, -0.05) is 11.6 Å². The molecular formula is C11H14ClN3O. The fourth-order valence-electron chi connectivity index (χ4n) is 1.78. The maximum absolute atomic E-state index is 9.88. The molecule has 1 aromatic carbocycles. The van der Waals surface area contributed by atoms with E-state index < -0.39 is 6.10 Å². The Morgan fingerprint density at radius 3 is 3.00 bits per heavy atom. The number of imidazole rings is 1. The van der Waals surface area contributed by atoms with Gasteiger partial charge in [0, 0.05) is 12.1 Å². The molecule has 0 fully saturated rings. The molecular weight excluding hydrogens is 226 g/mol. The largest absolute Gasteiger partial charge is 0.385 e. The van der Waals surface area contributed by atoms with Crippen molar-refractivity contribution in [3.05, 3.63) is 29.0 Å². The third-order valence-electron chi connectivity index (χ3n) is 2.62. The number of hydrogen-bond donors (Lipinski definition) is 2. The second-order valence-electron chi connectivity index (χ2n) is 3.76. The number of hydrogen-bond acceptors (Lipinski definition) is 3. The Hall–Kier alpha value is -1.10. The predicted octanol–water partition coefficient (Wildman–Crippen LogP) is 1.61. The van der Waals surface area contributed by atoms with Gasteiger partial charge in [0.2, 0.25) is 0 Å². The zero-order valence-corrected chi connectivity index (χ0v) is 9.78. The van der Waals surface area contributed by atoms with E-state index in [1.54, 1.807) is 6.07 Å². The molecule has 0 amide bonds. The topological polar surface area (TPSA) is 64.1 Å². The van der Waals surface area contributed by atoms with E-state index >= 15 is 0 Å². The van der Waals surface area contributed by atoms with Crippen LogP contribution in [-0.4, -0.2) is 21.2 Å². The summed E-state index contributed by atoms with van der Waals surface area (Å²) in [6.45, 7) is 0.436. The Bertz CT molecular complexity index is 509. The van der Waals surface area contributed by atoms with Gasteiger partial charge in [-0.05, 0) is 31.2 Å². The molecule has 86 valence electrons. The third kappa shape index (κ3) is 1.91. The fourth-order valence-corrected chi connectivity index (χ4v) is 1.94. The van der Waals surface area contributed by atoms with Gasteiger partial charge in [-0.25, -0.2) is 4.98 Å². The first-order chi connectivity index (χ1) is 7.63. The van der Waals surface area contributed by atoms with Crippen LogP contribution >= 0.6 is 11.6 Å². The van der Waals surface area contributed by atoms with Gasteiger partial charge in [0.25, 0.3) is 0 Å². The number of fused-ring (bicyclic) bond motifs is 1. The summed E-state index contributed by atoms with van der Waals surface area (Å²) >= 11 is 5.89. The van der Waals surface area contributed by atoms with E-state index in [9.17, 15) is 5.11 Å². The van der Waals surface area contributed by atoms with E-state index in [0.29, 0.717) is 23.8 Å². The number of aromatic nitrogens is 2. The predicted molar refractivity (Wildman–Crippen MR) is 64.4 cm³/mol. The van der Waals surface area contributed by atoms with Gasteiger partial charge >= 0.3 is 0 Å². The Morgan fingerprint density at radius 2 is 2.31 bits per heavy atom. The zero-order chi connectivity index (χ0) is 11.7. The maximum Gasteiger partial charge on any atom is 0.138 e. The van der Waals surface area contributed by atoms with Crippen LogP contribution in [0.5, 0.6) is 0 Å². The summed E-state index contributed by atoms with van der Waals surface area (Å²) in [4.78, 5) is 4.36. The van der Waals surface area contributed by atoms with Crippen molar-refractivity contribution in [2.45, 2.75) is 12.5 Å². The maximum atomic E-state index is 9.88. The van der Waals surface area contributed by atoms with Crippen molar-refractivity contribution in [1.29, 1.82) is 0 Å². The number of aryl methyl sites for hydroxylation is 1. The van der Waals surface area contributed by atoms with Crippen LogP contribution in [0, 0.1) is 0 Å². The minimum Gasteiger partial charge on any atom is -0.385 e. The molecule has 0 aliphatic rings. The van der Waals surface area contributed by atoms with Crippen LogP contribution in [0.15, 0.2) is 18.2 Å². The van der Waals surface area contributed by atoms with Crippen LogP contribution in [0.2, 0.25) is 5.02 Å². The van der Waals surface area contributed by atoms with E-state index in [-0.39, 0.29) is 0 Å². The molecule has 0 radical (unpaired) electrons. The Labute approximate surface area is 98.6 Å². The summed E-state index contributed by atoms with van der Waals surface area (Å²) in [5, 5.41) is 10.5. The molecule has 0 spiro atoms. The first kappa shape index (κ1) is 11.4. The number of benzene rings is 1. The molecule has 4 nitrogen and oxygen atoms in total.